The van der Waals surface area contributed by atoms with Gasteiger partial charge in [-0.15, -0.1) is 0 Å². The maximum absolute atomic E-state index is 12.9. The highest BCUT2D eigenvalue weighted by Crippen LogP contribution is 2.37. The highest BCUT2D eigenvalue weighted by atomic mass is 16.1. The number of aromatic nitrogens is 2. The van der Waals surface area contributed by atoms with E-state index in [9.17, 15) is 9.59 Å². The monoisotopic (exact) mass is 358 g/mol. The average molecular weight is 358 g/mol. The first-order valence-electron chi connectivity index (χ1n) is 9.21. The molecule has 1 aliphatic carbocycles. The van der Waals surface area contributed by atoms with Crippen LogP contribution in [0, 0.1) is 5.41 Å². The Hall–Kier alpha value is -3.01. The van der Waals surface area contributed by atoms with Gasteiger partial charge in [0.25, 0.3) is 0 Å². The Balaban J connectivity index is 1.83. The van der Waals surface area contributed by atoms with Crippen molar-refractivity contribution in [3.8, 4) is 11.4 Å². The third-order valence-electron chi connectivity index (χ3n) is 5.05. The summed E-state index contributed by atoms with van der Waals surface area (Å²) in [5.41, 5.74) is 2.85. The van der Waals surface area contributed by atoms with Crippen LogP contribution < -0.4 is 0 Å². The molecule has 0 radical (unpaired) electrons. The van der Waals surface area contributed by atoms with E-state index in [4.69, 9.17) is 0 Å². The molecule has 4 heteroatoms. The summed E-state index contributed by atoms with van der Waals surface area (Å²) >= 11 is 0. The van der Waals surface area contributed by atoms with Gasteiger partial charge < -0.3 is 4.57 Å². The number of hydrogen-bond donors (Lipinski definition) is 0. The smallest absolute Gasteiger partial charge is 0.183 e. The SMILES string of the molecule is CC1(C)CC(=O)c2nc(-c3ccccc3)n(CC(=O)c3ccccc3)c2C1. The van der Waals surface area contributed by atoms with Gasteiger partial charge in [0, 0.05) is 23.2 Å². The second-order valence-corrected chi connectivity index (χ2v) is 7.91. The largest absolute Gasteiger partial charge is 0.319 e. The molecule has 0 amide bonds. The summed E-state index contributed by atoms with van der Waals surface area (Å²) in [5.74, 6) is 0.768. The quantitative estimate of drug-likeness (QED) is 0.641. The molecular formula is C23H22N2O2. The fourth-order valence-electron chi connectivity index (χ4n) is 3.76. The summed E-state index contributed by atoms with van der Waals surface area (Å²) in [6, 6.07) is 19.0. The van der Waals surface area contributed by atoms with E-state index in [2.05, 4.69) is 18.8 Å². The number of imidazole rings is 1. The van der Waals surface area contributed by atoms with Gasteiger partial charge in [0.15, 0.2) is 11.6 Å². The predicted octanol–water partition coefficient (Wildman–Crippen LogP) is 4.59. The van der Waals surface area contributed by atoms with Crippen molar-refractivity contribution >= 4 is 11.6 Å². The minimum atomic E-state index is -0.133. The van der Waals surface area contributed by atoms with Crippen LogP contribution in [0.1, 0.15) is 46.8 Å². The van der Waals surface area contributed by atoms with Gasteiger partial charge in [-0.1, -0.05) is 74.5 Å². The second kappa shape index (κ2) is 6.62. The van der Waals surface area contributed by atoms with Crippen LogP contribution in [-0.4, -0.2) is 21.1 Å². The average Bonchev–Trinajstić information content (AvgIpc) is 3.01. The van der Waals surface area contributed by atoms with Crippen molar-refractivity contribution in [1.29, 1.82) is 0 Å². The van der Waals surface area contributed by atoms with E-state index in [1.807, 2.05) is 65.2 Å². The van der Waals surface area contributed by atoms with Crippen molar-refractivity contribution in [3.63, 3.8) is 0 Å². The van der Waals surface area contributed by atoms with E-state index in [0.717, 1.165) is 17.7 Å². The molecule has 1 aliphatic rings. The van der Waals surface area contributed by atoms with Crippen molar-refractivity contribution in [2.75, 3.05) is 0 Å². The first-order valence-corrected chi connectivity index (χ1v) is 9.21. The first kappa shape index (κ1) is 17.4. The van der Waals surface area contributed by atoms with Gasteiger partial charge >= 0.3 is 0 Å². The van der Waals surface area contributed by atoms with Crippen LogP contribution in [0.15, 0.2) is 60.7 Å². The summed E-state index contributed by atoms with van der Waals surface area (Å²) in [6.07, 6.45) is 1.22. The minimum Gasteiger partial charge on any atom is -0.319 e. The van der Waals surface area contributed by atoms with Gasteiger partial charge in [0.1, 0.15) is 11.5 Å². The molecule has 4 rings (SSSR count). The van der Waals surface area contributed by atoms with E-state index in [-0.39, 0.29) is 23.5 Å². The highest BCUT2D eigenvalue weighted by molar-refractivity contribution is 5.99. The number of rotatable bonds is 4. The summed E-state index contributed by atoms with van der Waals surface area (Å²) in [4.78, 5) is 30.3. The van der Waals surface area contributed by atoms with Gasteiger partial charge in [-0.3, -0.25) is 9.59 Å². The predicted molar refractivity (Wildman–Crippen MR) is 105 cm³/mol. The Morgan fingerprint density at radius 1 is 1.00 bits per heavy atom. The third kappa shape index (κ3) is 3.35. The van der Waals surface area contributed by atoms with Gasteiger partial charge in [0.05, 0.1) is 6.54 Å². The molecule has 0 spiro atoms. The van der Waals surface area contributed by atoms with E-state index >= 15 is 0 Å². The van der Waals surface area contributed by atoms with Crippen molar-refractivity contribution in [1.82, 2.24) is 9.55 Å². The molecule has 0 N–H and O–H groups in total. The normalized spacial score (nSPS) is 15.4. The molecule has 0 fully saturated rings. The molecule has 27 heavy (non-hydrogen) atoms. The number of ketones is 2. The van der Waals surface area contributed by atoms with Gasteiger partial charge in [-0.05, 0) is 11.8 Å². The van der Waals surface area contributed by atoms with Crippen LogP contribution in [0.25, 0.3) is 11.4 Å². The topological polar surface area (TPSA) is 52.0 Å². The van der Waals surface area contributed by atoms with E-state index < -0.39 is 0 Å². The molecular weight excluding hydrogens is 336 g/mol. The van der Waals surface area contributed by atoms with Crippen molar-refractivity contribution in [3.05, 3.63) is 77.6 Å². The molecule has 0 aliphatic heterocycles. The Morgan fingerprint density at radius 3 is 2.30 bits per heavy atom. The molecule has 0 atom stereocenters. The number of Topliss-reactive ketones (excluding diaryl/α,β-unsaturated/α-hetero) is 2. The van der Waals surface area contributed by atoms with Gasteiger partial charge in [0.2, 0.25) is 0 Å². The standard InChI is InChI=1S/C23H22N2O2/c1-23(2)13-18-21(19(26)14-23)24-22(17-11-7-4-8-12-17)25(18)15-20(27)16-9-5-3-6-10-16/h3-12H,13-15H2,1-2H3. The highest BCUT2D eigenvalue weighted by Gasteiger charge is 2.36. The minimum absolute atomic E-state index is 0.0174. The second-order valence-electron chi connectivity index (χ2n) is 7.91. The summed E-state index contributed by atoms with van der Waals surface area (Å²) < 4.78 is 1.94. The number of hydrogen-bond acceptors (Lipinski definition) is 3. The maximum atomic E-state index is 12.9. The van der Waals surface area contributed by atoms with Crippen molar-refractivity contribution in [2.24, 2.45) is 5.41 Å². The maximum Gasteiger partial charge on any atom is 0.183 e. The van der Waals surface area contributed by atoms with Gasteiger partial charge in [-0.2, -0.15) is 0 Å². The molecule has 2 aromatic carbocycles. The zero-order valence-electron chi connectivity index (χ0n) is 15.6. The van der Waals surface area contributed by atoms with Crippen molar-refractivity contribution in [2.45, 2.75) is 33.2 Å². The lowest BCUT2D eigenvalue weighted by atomic mass is 9.77. The van der Waals surface area contributed by atoms with Crippen LogP contribution in [0.5, 0.6) is 0 Å². The molecule has 0 unspecified atom stereocenters. The molecule has 4 nitrogen and oxygen atoms in total. The van der Waals surface area contributed by atoms with E-state index in [1.54, 1.807) is 0 Å². The van der Waals surface area contributed by atoms with Crippen LogP contribution in [0.3, 0.4) is 0 Å². The fraction of sp³-hybridized carbons (Fsp3) is 0.261. The fourth-order valence-corrected chi connectivity index (χ4v) is 3.76. The number of benzene rings is 2. The van der Waals surface area contributed by atoms with Crippen LogP contribution in [0.2, 0.25) is 0 Å². The number of fused-ring (bicyclic) bond motifs is 1. The molecule has 1 heterocycles. The Kier molecular flexibility index (Phi) is 4.27. The lowest BCUT2D eigenvalue weighted by Gasteiger charge is -2.28. The molecule has 136 valence electrons. The molecule has 0 saturated heterocycles. The number of carbonyl (C=O) groups excluding carboxylic acids is 2. The van der Waals surface area contributed by atoms with Crippen LogP contribution in [0.4, 0.5) is 0 Å². The summed E-state index contributed by atoms with van der Waals surface area (Å²) in [6.45, 7) is 4.36. The van der Waals surface area contributed by atoms with E-state index in [1.165, 1.54) is 0 Å². The molecule has 3 aromatic rings. The van der Waals surface area contributed by atoms with Gasteiger partial charge in [-0.25, -0.2) is 4.98 Å². The third-order valence-corrected chi connectivity index (χ3v) is 5.05. The first-order chi connectivity index (χ1) is 12.9. The molecule has 0 saturated carbocycles. The lowest BCUT2D eigenvalue weighted by Crippen LogP contribution is -2.29. The summed E-state index contributed by atoms with van der Waals surface area (Å²) in [7, 11) is 0. The van der Waals surface area contributed by atoms with E-state index in [0.29, 0.717) is 23.5 Å². The number of nitrogens with zero attached hydrogens (tertiary/aromatic N) is 2. The number of carbonyl (C=O) groups is 2. The zero-order valence-corrected chi connectivity index (χ0v) is 15.6. The Morgan fingerprint density at radius 2 is 1.63 bits per heavy atom. The Labute approximate surface area is 158 Å². The molecule has 1 aromatic heterocycles. The van der Waals surface area contributed by atoms with Crippen LogP contribution in [-0.2, 0) is 13.0 Å². The molecule has 0 bridgehead atoms. The Bertz CT molecular complexity index is 1000. The lowest BCUT2D eigenvalue weighted by molar-refractivity contribution is 0.0898. The van der Waals surface area contributed by atoms with Crippen LogP contribution >= 0.6 is 0 Å². The van der Waals surface area contributed by atoms with Crippen molar-refractivity contribution < 1.29 is 9.59 Å². The zero-order chi connectivity index (χ0) is 19.0. The summed E-state index contributed by atoms with van der Waals surface area (Å²) in [5, 5.41) is 0.